The molecule has 1 aliphatic heterocycles. The van der Waals surface area contributed by atoms with Crippen LogP contribution >= 0.6 is 0 Å². The number of ether oxygens (including phenoxy) is 1. The summed E-state index contributed by atoms with van der Waals surface area (Å²) in [5, 5.41) is 14.6. The molecule has 0 spiro atoms. The summed E-state index contributed by atoms with van der Waals surface area (Å²) in [4.78, 5) is 32.3. The van der Waals surface area contributed by atoms with Crippen LogP contribution in [0.15, 0.2) is 64.4 Å². The van der Waals surface area contributed by atoms with Gasteiger partial charge in [0.15, 0.2) is 17.4 Å². The van der Waals surface area contributed by atoms with Gasteiger partial charge >= 0.3 is 0 Å². The van der Waals surface area contributed by atoms with Crippen LogP contribution in [-0.4, -0.2) is 34.0 Å². The first-order valence-electron chi connectivity index (χ1n) is 10.5. The lowest BCUT2D eigenvalue weighted by atomic mass is 9.82. The maximum absolute atomic E-state index is 13.4. The van der Waals surface area contributed by atoms with Gasteiger partial charge in [-0.2, -0.15) is 4.98 Å². The molecule has 0 saturated carbocycles. The summed E-state index contributed by atoms with van der Waals surface area (Å²) in [6.07, 6.45) is 0. The number of methoxy groups -OCH3 is 1. The van der Waals surface area contributed by atoms with Crippen molar-refractivity contribution in [3.63, 3.8) is 0 Å². The first-order chi connectivity index (χ1) is 15.6. The van der Waals surface area contributed by atoms with Crippen molar-refractivity contribution in [2.24, 2.45) is 5.41 Å². The molecular weight excluding hydrogens is 422 g/mol. The smallest absolute Gasteiger partial charge is 0.294 e. The fourth-order valence-electron chi connectivity index (χ4n) is 3.87. The molecule has 1 atom stereocenters. The van der Waals surface area contributed by atoms with Gasteiger partial charge in [-0.1, -0.05) is 44.1 Å². The van der Waals surface area contributed by atoms with Gasteiger partial charge in [-0.25, -0.2) is 0 Å². The summed E-state index contributed by atoms with van der Waals surface area (Å²) in [5.74, 6) is -0.142. The topological polar surface area (TPSA) is 106 Å². The number of aromatic nitrogens is 2. The quantitative estimate of drug-likeness (QED) is 0.611. The Hall–Kier alpha value is -3.94. The van der Waals surface area contributed by atoms with Gasteiger partial charge in [0.2, 0.25) is 0 Å². The Morgan fingerprint density at radius 3 is 2.36 bits per heavy atom. The number of ketones is 1. The molecule has 1 aliphatic rings. The molecule has 0 bridgehead atoms. The predicted octanol–water partition coefficient (Wildman–Crippen LogP) is 4.57. The Kier molecular flexibility index (Phi) is 5.53. The molecule has 33 heavy (non-hydrogen) atoms. The van der Waals surface area contributed by atoms with Crippen LogP contribution in [0, 0.1) is 12.3 Å². The van der Waals surface area contributed by atoms with Crippen LogP contribution in [0.4, 0.5) is 5.69 Å². The lowest BCUT2D eigenvalue weighted by molar-refractivity contribution is -0.123. The number of aryl methyl sites for hydroxylation is 1. The second-order valence-electron chi connectivity index (χ2n) is 8.85. The third-order valence-corrected chi connectivity index (χ3v) is 5.49. The van der Waals surface area contributed by atoms with Crippen LogP contribution in [0.2, 0.25) is 0 Å². The van der Waals surface area contributed by atoms with Crippen molar-refractivity contribution < 1.29 is 24.0 Å². The van der Waals surface area contributed by atoms with Crippen LogP contribution in [0.1, 0.15) is 38.2 Å². The molecule has 2 heterocycles. The van der Waals surface area contributed by atoms with E-state index in [1.54, 1.807) is 76.2 Å². The molecule has 1 N–H and O–H groups in total. The number of Topliss-reactive ketones (excluding diaryl/α,β-unsaturated/α-hetero) is 1. The van der Waals surface area contributed by atoms with E-state index < -0.39 is 23.1 Å². The summed E-state index contributed by atoms with van der Waals surface area (Å²) in [5.41, 5.74) is 1.02. The minimum atomic E-state index is -0.850. The Morgan fingerprint density at radius 2 is 1.79 bits per heavy atom. The highest BCUT2D eigenvalue weighted by molar-refractivity contribution is 6.17. The zero-order valence-electron chi connectivity index (χ0n) is 19.1. The summed E-state index contributed by atoms with van der Waals surface area (Å²) in [6, 6.07) is 13.2. The number of para-hydroxylation sites is 1. The molecule has 1 amide bonds. The fourth-order valence-corrected chi connectivity index (χ4v) is 3.87. The van der Waals surface area contributed by atoms with Crippen LogP contribution in [0.5, 0.6) is 5.75 Å². The Balaban J connectivity index is 1.84. The molecule has 1 aromatic heterocycles. The number of carbonyl (C=O) groups is 2. The number of aliphatic hydroxyl groups is 1. The number of hydrogen-bond acceptors (Lipinski definition) is 7. The Labute approximate surface area is 191 Å². The van der Waals surface area contributed by atoms with Gasteiger partial charge < -0.3 is 14.4 Å². The summed E-state index contributed by atoms with van der Waals surface area (Å²) in [6.45, 7) is 6.99. The second-order valence-corrected chi connectivity index (χ2v) is 8.85. The van der Waals surface area contributed by atoms with Crippen molar-refractivity contribution in [1.82, 2.24) is 10.1 Å². The molecule has 8 heteroatoms. The normalized spacial score (nSPS) is 16.5. The number of benzene rings is 2. The SMILES string of the molecule is COc1ccccc1C1C(C(=O)C(C)(C)C)=C(O)C(=O)N1c1ccc(-c2nc(C)no2)cc1. The molecule has 0 saturated heterocycles. The standard InChI is InChI=1S/C25H25N3O5/c1-14-26-23(33-27-14)15-10-12-16(13-11-15)28-20(17-8-6-7-9-18(17)32-5)19(21(29)24(28)31)22(30)25(2,3)4/h6-13,20,29H,1-5H3. The number of nitrogens with zero attached hydrogens (tertiary/aromatic N) is 3. The van der Waals surface area contributed by atoms with E-state index in [0.717, 1.165) is 0 Å². The second kappa shape index (κ2) is 8.20. The van der Waals surface area contributed by atoms with E-state index in [9.17, 15) is 14.7 Å². The van der Waals surface area contributed by atoms with E-state index in [0.29, 0.717) is 34.3 Å². The van der Waals surface area contributed by atoms with Crippen LogP contribution in [0.25, 0.3) is 11.5 Å². The number of carbonyl (C=O) groups excluding carboxylic acids is 2. The van der Waals surface area contributed by atoms with E-state index in [1.165, 1.54) is 12.0 Å². The molecule has 0 fully saturated rings. The van der Waals surface area contributed by atoms with Crippen molar-refractivity contribution in [3.8, 4) is 17.2 Å². The minimum absolute atomic E-state index is 0.0496. The lowest BCUT2D eigenvalue weighted by Crippen LogP contribution is -2.33. The molecule has 2 aromatic carbocycles. The summed E-state index contributed by atoms with van der Waals surface area (Å²) >= 11 is 0. The third-order valence-electron chi connectivity index (χ3n) is 5.49. The largest absolute Gasteiger partial charge is 0.503 e. The molecule has 170 valence electrons. The molecule has 0 aliphatic carbocycles. The van der Waals surface area contributed by atoms with E-state index in [-0.39, 0.29) is 11.4 Å². The van der Waals surface area contributed by atoms with Gasteiger partial charge in [-0.05, 0) is 37.3 Å². The monoisotopic (exact) mass is 447 g/mol. The zero-order chi connectivity index (χ0) is 23.9. The van der Waals surface area contributed by atoms with Crippen molar-refractivity contribution in [3.05, 3.63) is 71.3 Å². The number of anilines is 1. The molecule has 4 rings (SSSR count). The fraction of sp³-hybridized carbons (Fsp3) is 0.280. The average Bonchev–Trinajstić information content (AvgIpc) is 3.34. The molecule has 8 nitrogen and oxygen atoms in total. The van der Waals surface area contributed by atoms with E-state index in [1.807, 2.05) is 0 Å². The van der Waals surface area contributed by atoms with Crippen LogP contribution < -0.4 is 9.64 Å². The Morgan fingerprint density at radius 1 is 1.12 bits per heavy atom. The average molecular weight is 447 g/mol. The Bertz CT molecular complexity index is 1250. The maximum Gasteiger partial charge on any atom is 0.294 e. The zero-order valence-corrected chi connectivity index (χ0v) is 19.1. The van der Waals surface area contributed by atoms with Gasteiger partial charge in [0.05, 0.1) is 18.7 Å². The highest BCUT2D eigenvalue weighted by atomic mass is 16.5. The first kappa shape index (κ1) is 22.3. The lowest BCUT2D eigenvalue weighted by Gasteiger charge is -2.29. The van der Waals surface area contributed by atoms with Crippen molar-refractivity contribution in [2.45, 2.75) is 33.7 Å². The van der Waals surface area contributed by atoms with Gasteiger partial charge in [0.25, 0.3) is 11.8 Å². The number of aliphatic hydroxyl groups excluding tert-OH is 1. The van der Waals surface area contributed by atoms with E-state index in [2.05, 4.69) is 10.1 Å². The molecular formula is C25H25N3O5. The highest BCUT2D eigenvalue weighted by Crippen LogP contribution is 2.45. The summed E-state index contributed by atoms with van der Waals surface area (Å²) in [7, 11) is 1.52. The van der Waals surface area contributed by atoms with E-state index >= 15 is 0 Å². The third kappa shape index (κ3) is 3.88. The highest BCUT2D eigenvalue weighted by Gasteiger charge is 2.47. The molecule has 3 aromatic rings. The molecule has 0 radical (unpaired) electrons. The van der Waals surface area contributed by atoms with Gasteiger partial charge in [0.1, 0.15) is 5.75 Å². The van der Waals surface area contributed by atoms with Gasteiger partial charge in [-0.3, -0.25) is 14.5 Å². The van der Waals surface area contributed by atoms with Crippen molar-refractivity contribution in [1.29, 1.82) is 0 Å². The number of amides is 1. The van der Waals surface area contributed by atoms with Crippen LogP contribution in [-0.2, 0) is 9.59 Å². The van der Waals surface area contributed by atoms with Crippen LogP contribution in [0.3, 0.4) is 0 Å². The number of rotatable bonds is 5. The summed E-state index contributed by atoms with van der Waals surface area (Å²) < 4.78 is 10.7. The van der Waals surface area contributed by atoms with E-state index in [4.69, 9.17) is 9.26 Å². The van der Waals surface area contributed by atoms with Crippen molar-refractivity contribution >= 4 is 17.4 Å². The predicted molar refractivity (Wildman–Crippen MR) is 122 cm³/mol. The molecule has 1 unspecified atom stereocenters. The minimum Gasteiger partial charge on any atom is -0.503 e. The van der Waals surface area contributed by atoms with Crippen molar-refractivity contribution in [2.75, 3.05) is 12.0 Å². The maximum atomic E-state index is 13.4. The first-order valence-corrected chi connectivity index (χ1v) is 10.5. The number of hydrogen-bond donors (Lipinski definition) is 1. The van der Waals surface area contributed by atoms with Gasteiger partial charge in [0, 0.05) is 22.2 Å². The van der Waals surface area contributed by atoms with Gasteiger partial charge in [-0.15, -0.1) is 0 Å².